The van der Waals surface area contributed by atoms with Gasteiger partial charge in [0.25, 0.3) is 0 Å². The highest BCUT2D eigenvalue weighted by Crippen LogP contribution is 2.20. The zero-order chi connectivity index (χ0) is 16.8. The first-order valence-electron chi connectivity index (χ1n) is 8.43. The largest absolute Gasteiger partial charge is 0.379 e. The first-order chi connectivity index (χ1) is 11.7. The van der Waals surface area contributed by atoms with Crippen molar-refractivity contribution in [1.82, 2.24) is 9.80 Å². The summed E-state index contributed by atoms with van der Waals surface area (Å²) in [5, 5.41) is 3.68. The molecule has 3 rings (SSSR count). The number of thioether (sulfide) groups is 1. The summed E-state index contributed by atoms with van der Waals surface area (Å²) >= 11 is 7.85. The lowest BCUT2D eigenvalue weighted by molar-refractivity contribution is 0.0288. The predicted octanol–water partition coefficient (Wildman–Crippen LogP) is 3.01. The Balaban J connectivity index is 1.64. The molecule has 2 aliphatic rings. The number of urea groups is 1. The van der Waals surface area contributed by atoms with Crippen molar-refractivity contribution in [2.75, 3.05) is 56.2 Å². The Bertz CT molecular complexity index is 537. The molecule has 0 radical (unpaired) electrons. The van der Waals surface area contributed by atoms with Gasteiger partial charge in [-0.05, 0) is 36.4 Å². The van der Waals surface area contributed by atoms with Gasteiger partial charge < -0.3 is 15.0 Å². The van der Waals surface area contributed by atoms with Crippen LogP contribution in [-0.4, -0.2) is 72.8 Å². The van der Waals surface area contributed by atoms with Crippen LogP contribution in [0.25, 0.3) is 0 Å². The van der Waals surface area contributed by atoms with E-state index in [1.807, 2.05) is 28.8 Å². The van der Waals surface area contributed by atoms with Crippen LogP contribution in [0.5, 0.6) is 0 Å². The number of hydrogen-bond donors (Lipinski definition) is 1. The summed E-state index contributed by atoms with van der Waals surface area (Å²) in [5.74, 6) is 2.11. The fraction of sp³-hybridized carbons (Fsp3) is 0.588. The zero-order valence-electron chi connectivity index (χ0n) is 13.7. The maximum Gasteiger partial charge on any atom is 0.322 e. The highest BCUT2D eigenvalue weighted by molar-refractivity contribution is 7.99. The van der Waals surface area contributed by atoms with Crippen LogP contribution in [0.1, 0.15) is 6.42 Å². The first-order valence-corrected chi connectivity index (χ1v) is 9.97. The Hall–Kier alpha value is -0.950. The quantitative estimate of drug-likeness (QED) is 0.889. The summed E-state index contributed by atoms with van der Waals surface area (Å²) in [6.45, 7) is 5.21. The van der Waals surface area contributed by atoms with E-state index in [9.17, 15) is 4.79 Å². The standard InChI is InChI=1S/C17H24ClN3O2S/c18-14-2-4-15(5-3-14)19-17(22)21-6-1-11-24-13-16(21)12-20-7-9-23-10-8-20/h2-5,16H,1,6-13H2,(H,19,22). The van der Waals surface area contributed by atoms with Crippen molar-refractivity contribution >= 4 is 35.1 Å². The van der Waals surface area contributed by atoms with Crippen LogP contribution >= 0.6 is 23.4 Å². The van der Waals surface area contributed by atoms with Crippen molar-refractivity contribution in [3.05, 3.63) is 29.3 Å². The molecule has 1 unspecified atom stereocenters. The maximum atomic E-state index is 12.8. The second kappa shape index (κ2) is 8.94. The number of nitrogens with one attached hydrogen (secondary N) is 1. The van der Waals surface area contributed by atoms with E-state index < -0.39 is 0 Å². The van der Waals surface area contributed by atoms with Crippen LogP contribution < -0.4 is 5.32 Å². The van der Waals surface area contributed by atoms with E-state index in [4.69, 9.17) is 16.3 Å². The van der Waals surface area contributed by atoms with E-state index in [1.54, 1.807) is 12.1 Å². The van der Waals surface area contributed by atoms with E-state index in [1.165, 1.54) is 0 Å². The number of morpholine rings is 1. The van der Waals surface area contributed by atoms with Gasteiger partial charge in [0, 0.05) is 42.6 Å². The van der Waals surface area contributed by atoms with Gasteiger partial charge in [0.05, 0.1) is 19.3 Å². The number of nitrogens with zero attached hydrogens (tertiary/aromatic N) is 2. The van der Waals surface area contributed by atoms with Gasteiger partial charge in [-0.2, -0.15) is 11.8 Å². The highest BCUT2D eigenvalue weighted by atomic mass is 35.5. The molecular weight excluding hydrogens is 346 g/mol. The molecule has 0 bridgehead atoms. The molecule has 5 nitrogen and oxygen atoms in total. The van der Waals surface area contributed by atoms with E-state index >= 15 is 0 Å². The molecule has 7 heteroatoms. The fourth-order valence-corrected chi connectivity index (χ4v) is 4.24. The van der Waals surface area contributed by atoms with Crippen LogP contribution in [0.3, 0.4) is 0 Å². The van der Waals surface area contributed by atoms with Crippen LogP contribution in [0.15, 0.2) is 24.3 Å². The Kier molecular flexibility index (Phi) is 6.66. The third kappa shape index (κ3) is 5.02. The summed E-state index contributed by atoms with van der Waals surface area (Å²) in [5.41, 5.74) is 0.784. The smallest absolute Gasteiger partial charge is 0.322 e. The Morgan fingerprint density at radius 2 is 2.00 bits per heavy atom. The zero-order valence-corrected chi connectivity index (χ0v) is 15.3. The lowest BCUT2D eigenvalue weighted by atomic mass is 10.2. The molecule has 24 heavy (non-hydrogen) atoms. The molecule has 0 aromatic heterocycles. The summed E-state index contributed by atoms with van der Waals surface area (Å²) in [7, 11) is 0. The summed E-state index contributed by atoms with van der Waals surface area (Å²) in [4.78, 5) is 17.2. The van der Waals surface area contributed by atoms with Crippen LogP contribution in [0.2, 0.25) is 5.02 Å². The van der Waals surface area contributed by atoms with Crippen molar-refractivity contribution in [1.29, 1.82) is 0 Å². The highest BCUT2D eigenvalue weighted by Gasteiger charge is 2.28. The van der Waals surface area contributed by atoms with Gasteiger partial charge in [0.2, 0.25) is 0 Å². The number of benzene rings is 1. The first kappa shape index (κ1) is 17.9. The van der Waals surface area contributed by atoms with Crippen LogP contribution in [0.4, 0.5) is 10.5 Å². The third-order valence-electron chi connectivity index (χ3n) is 4.37. The minimum Gasteiger partial charge on any atom is -0.379 e. The number of halogens is 1. The molecule has 2 amide bonds. The number of amides is 2. The number of ether oxygens (including phenoxy) is 1. The molecular formula is C17H24ClN3O2S. The van der Waals surface area contributed by atoms with Crippen molar-refractivity contribution in [3.8, 4) is 0 Å². The molecule has 132 valence electrons. The molecule has 1 atom stereocenters. The second-order valence-electron chi connectivity index (χ2n) is 6.13. The average molecular weight is 370 g/mol. The summed E-state index contributed by atoms with van der Waals surface area (Å²) < 4.78 is 5.43. The number of anilines is 1. The van der Waals surface area contributed by atoms with Gasteiger partial charge in [-0.1, -0.05) is 11.6 Å². The second-order valence-corrected chi connectivity index (χ2v) is 7.71. The molecule has 2 aliphatic heterocycles. The molecule has 1 N–H and O–H groups in total. The summed E-state index contributed by atoms with van der Waals surface area (Å²) in [6, 6.07) is 7.48. The average Bonchev–Trinajstić information content (AvgIpc) is 2.83. The maximum absolute atomic E-state index is 12.8. The van der Waals surface area contributed by atoms with Gasteiger partial charge in [0.1, 0.15) is 0 Å². The molecule has 2 fully saturated rings. The van der Waals surface area contributed by atoms with Gasteiger partial charge in [-0.25, -0.2) is 4.79 Å². The van der Waals surface area contributed by atoms with Crippen LogP contribution in [0, 0.1) is 0 Å². The Morgan fingerprint density at radius 1 is 1.25 bits per heavy atom. The molecule has 0 spiro atoms. The molecule has 1 aromatic rings. The van der Waals surface area contributed by atoms with Gasteiger partial charge in [-0.3, -0.25) is 4.90 Å². The minimum absolute atomic E-state index is 0.0157. The van der Waals surface area contributed by atoms with Crippen LogP contribution in [-0.2, 0) is 4.74 Å². The third-order valence-corrected chi connectivity index (χ3v) is 5.82. The normalized spacial score (nSPS) is 22.9. The van der Waals surface area contributed by atoms with E-state index in [0.29, 0.717) is 5.02 Å². The molecule has 2 heterocycles. The molecule has 1 aromatic carbocycles. The van der Waals surface area contributed by atoms with Crippen molar-refractivity contribution in [3.63, 3.8) is 0 Å². The monoisotopic (exact) mass is 369 g/mol. The predicted molar refractivity (Wildman–Crippen MR) is 100 cm³/mol. The number of rotatable bonds is 3. The topological polar surface area (TPSA) is 44.8 Å². The van der Waals surface area contributed by atoms with Crippen molar-refractivity contribution in [2.45, 2.75) is 12.5 Å². The van der Waals surface area contributed by atoms with E-state index in [-0.39, 0.29) is 12.1 Å². The number of carbonyl (C=O) groups excluding carboxylic acids is 1. The van der Waals surface area contributed by atoms with Gasteiger partial charge in [0.15, 0.2) is 0 Å². The molecule has 0 saturated carbocycles. The lowest BCUT2D eigenvalue weighted by Gasteiger charge is -2.35. The van der Waals surface area contributed by atoms with E-state index in [0.717, 1.165) is 63.0 Å². The van der Waals surface area contributed by atoms with Gasteiger partial charge in [-0.15, -0.1) is 0 Å². The SMILES string of the molecule is O=C(Nc1ccc(Cl)cc1)N1CCCSCC1CN1CCOCC1. The van der Waals surface area contributed by atoms with Crippen molar-refractivity contribution < 1.29 is 9.53 Å². The molecule has 0 aliphatic carbocycles. The summed E-state index contributed by atoms with van der Waals surface area (Å²) in [6.07, 6.45) is 1.04. The van der Waals surface area contributed by atoms with E-state index in [2.05, 4.69) is 10.2 Å². The lowest BCUT2D eigenvalue weighted by Crippen LogP contribution is -2.51. The fourth-order valence-electron chi connectivity index (χ4n) is 3.06. The molecule has 2 saturated heterocycles. The number of carbonyl (C=O) groups is 1. The number of hydrogen-bond acceptors (Lipinski definition) is 4. The minimum atomic E-state index is -0.0157. The van der Waals surface area contributed by atoms with Crippen molar-refractivity contribution in [2.24, 2.45) is 0 Å². The van der Waals surface area contributed by atoms with Gasteiger partial charge >= 0.3 is 6.03 Å². The Morgan fingerprint density at radius 3 is 2.75 bits per heavy atom. The Labute approximate surface area is 152 Å².